The second kappa shape index (κ2) is 14.3. The number of amides is 1. The average molecular weight is 502 g/mol. The number of carbonyl (C=O) groups excluding carboxylic acids is 1. The molecule has 198 valence electrons. The van der Waals surface area contributed by atoms with E-state index in [4.69, 9.17) is 9.47 Å². The van der Waals surface area contributed by atoms with Gasteiger partial charge in [-0.05, 0) is 41.8 Å². The zero-order valence-electron chi connectivity index (χ0n) is 20.9. The number of aliphatic hydroxyl groups excluding tert-OH is 4. The van der Waals surface area contributed by atoms with Crippen LogP contribution < -0.4 is 10.1 Å². The molecule has 0 radical (unpaired) electrons. The first-order valence-corrected chi connectivity index (χ1v) is 12.9. The number of nitrogens with one attached hydrogen (secondary N) is 1. The lowest BCUT2D eigenvalue weighted by atomic mass is 9.98. The van der Waals surface area contributed by atoms with E-state index >= 15 is 0 Å². The van der Waals surface area contributed by atoms with Gasteiger partial charge < -0.3 is 35.2 Å². The van der Waals surface area contributed by atoms with Crippen LogP contribution in [0.5, 0.6) is 5.75 Å². The summed E-state index contributed by atoms with van der Waals surface area (Å²) in [7, 11) is 0. The molecule has 0 aromatic heterocycles. The van der Waals surface area contributed by atoms with Gasteiger partial charge in [0, 0.05) is 5.56 Å². The summed E-state index contributed by atoms with van der Waals surface area (Å²) in [5, 5.41) is 41.7. The van der Waals surface area contributed by atoms with Gasteiger partial charge >= 0.3 is 0 Å². The Morgan fingerprint density at radius 1 is 0.833 bits per heavy atom. The number of ether oxygens (including phenoxy) is 2. The molecule has 5 N–H and O–H groups in total. The number of hydrogen-bond donors (Lipinski definition) is 5. The van der Waals surface area contributed by atoms with Crippen molar-refractivity contribution < 1.29 is 34.7 Å². The van der Waals surface area contributed by atoms with E-state index in [1.54, 1.807) is 12.1 Å². The van der Waals surface area contributed by atoms with Gasteiger partial charge in [-0.25, -0.2) is 0 Å². The lowest BCUT2D eigenvalue weighted by Crippen LogP contribution is -2.63. The van der Waals surface area contributed by atoms with Gasteiger partial charge in [0.05, 0.1) is 13.2 Å². The average Bonchev–Trinajstić information content (AvgIpc) is 2.91. The van der Waals surface area contributed by atoms with Gasteiger partial charge in [0.2, 0.25) is 0 Å². The quantitative estimate of drug-likeness (QED) is 0.267. The second-order valence-electron chi connectivity index (χ2n) is 9.29. The topological polar surface area (TPSA) is 128 Å². The predicted molar refractivity (Wildman–Crippen MR) is 137 cm³/mol. The third-order valence-corrected chi connectivity index (χ3v) is 6.52. The molecule has 8 heteroatoms. The van der Waals surface area contributed by atoms with E-state index in [0.717, 1.165) is 23.3 Å². The molecule has 1 fully saturated rings. The largest absolute Gasteiger partial charge is 0.494 e. The number of aliphatic hydroxyl groups is 4. The normalized spacial score (nSPS) is 23.9. The van der Waals surface area contributed by atoms with Crippen LogP contribution in [0.25, 0.3) is 11.1 Å². The summed E-state index contributed by atoms with van der Waals surface area (Å²) >= 11 is 0. The molecule has 1 heterocycles. The van der Waals surface area contributed by atoms with Gasteiger partial charge in [-0.2, -0.15) is 0 Å². The fraction of sp³-hybridized carbons (Fsp3) is 0.536. The van der Waals surface area contributed by atoms with E-state index in [0.29, 0.717) is 12.2 Å². The summed E-state index contributed by atoms with van der Waals surface area (Å²) in [4.78, 5) is 12.6. The predicted octanol–water partition coefficient (Wildman–Crippen LogP) is 3.01. The number of unbranched alkanes of at least 4 members (excludes halogenated alkanes) is 6. The summed E-state index contributed by atoms with van der Waals surface area (Å²) < 4.78 is 11.2. The van der Waals surface area contributed by atoms with Crippen LogP contribution in [0.15, 0.2) is 48.5 Å². The van der Waals surface area contributed by atoms with E-state index in [1.165, 1.54) is 38.5 Å². The van der Waals surface area contributed by atoms with Crippen molar-refractivity contribution >= 4 is 5.91 Å². The first-order chi connectivity index (χ1) is 17.4. The Kier molecular flexibility index (Phi) is 11.2. The fourth-order valence-electron chi connectivity index (χ4n) is 4.24. The summed E-state index contributed by atoms with van der Waals surface area (Å²) in [5.41, 5.74) is 2.25. The van der Waals surface area contributed by atoms with Crippen LogP contribution in [0.3, 0.4) is 0 Å². The minimum Gasteiger partial charge on any atom is -0.494 e. The SMILES string of the molecule is CCCCCCCCCOc1ccc(-c2ccc(C(=O)N[C@@H]3O[C@H](CO)[C@@H](O)[C@H](O)[C@@H]3O)cc2)cc1. The van der Waals surface area contributed by atoms with Crippen LogP contribution in [0.1, 0.15) is 62.2 Å². The van der Waals surface area contributed by atoms with Crippen molar-refractivity contribution in [3.8, 4) is 16.9 Å². The smallest absolute Gasteiger partial charge is 0.253 e. The third-order valence-electron chi connectivity index (χ3n) is 6.52. The van der Waals surface area contributed by atoms with E-state index in [-0.39, 0.29) is 0 Å². The molecule has 5 atom stereocenters. The van der Waals surface area contributed by atoms with Gasteiger partial charge in [-0.1, -0.05) is 69.7 Å². The van der Waals surface area contributed by atoms with Gasteiger partial charge in [0.15, 0.2) is 6.23 Å². The van der Waals surface area contributed by atoms with E-state index in [1.807, 2.05) is 36.4 Å². The Balaban J connectivity index is 1.47. The lowest BCUT2D eigenvalue weighted by molar-refractivity contribution is -0.233. The van der Waals surface area contributed by atoms with Crippen molar-refractivity contribution in [1.82, 2.24) is 5.32 Å². The second-order valence-corrected chi connectivity index (χ2v) is 9.29. The van der Waals surface area contributed by atoms with Crippen molar-refractivity contribution in [3.05, 3.63) is 54.1 Å². The molecule has 0 bridgehead atoms. The van der Waals surface area contributed by atoms with E-state index in [9.17, 15) is 25.2 Å². The highest BCUT2D eigenvalue weighted by molar-refractivity contribution is 5.94. The maximum absolute atomic E-state index is 12.6. The van der Waals surface area contributed by atoms with Crippen molar-refractivity contribution in [1.29, 1.82) is 0 Å². The molecular weight excluding hydrogens is 462 g/mol. The molecule has 0 saturated carbocycles. The van der Waals surface area contributed by atoms with Crippen LogP contribution in [0, 0.1) is 0 Å². The molecule has 0 spiro atoms. The zero-order chi connectivity index (χ0) is 25.9. The molecule has 1 saturated heterocycles. The molecule has 8 nitrogen and oxygen atoms in total. The molecule has 1 aliphatic rings. The molecular formula is C28H39NO7. The van der Waals surface area contributed by atoms with Crippen LogP contribution in [-0.4, -0.2) is 70.2 Å². The Bertz CT molecular complexity index is 917. The Morgan fingerprint density at radius 2 is 1.42 bits per heavy atom. The van der Waals surface area contributed by atoms with E-state index in [2.05, 4.69) is 12.2 Å². The fourth-order valence-corrected chi connectivity index (χ4v) is 4.24. The summed E-state index contributed by atoms with van der Waals surface area (Å²) in [6.45, 7) is 2.38. The van der Waals surface area contributed by atoms with Gasteiger partial charge in [0.1, 0.15) is 30.2 Å². The number of rotatable bonds is 13. The molecule has 1 aliphatic heterocycles. The molecule has 3 rings (SSSR count). The highest BCUT2D eigenvalue weighted by atomic mass is 16.6. The maximum Gasteiger partial charge on any atom is 0.253 e. The van der Waals surface area contributed by atoms with Gasteiger partial charge in [-0.3, -0.25) is 4.79 Å². The van der Waals surface area contributed by atoms with E-state index < -0.39 is 43.2 Å². The van der Waals surface area contributed by atoms with Crippen LogP contribution >= 0.6 is 0 Å². The van der Waals surface area contributed by atoms with Crippen molar-refractivity contribution in [2.24, 2.45) is 0 Å². The Hall–Kier alpha value is -2.49. The minimum absolute atomic E-state index is 0.338. The summed E-state index contributed by atoms with van der Waals surface area (Å²) in [5.74, 6) is 0.320. The Morgan fingerprint density at radius 3 is 2.03 bits per heavy atom. The highest BCUT2D eigenvalue weighted by Crippen LogP contribution is 2.24. The van der Waals surface area contributed by atoms with Gasteiger partial charge in [-0.15, -0.1) is 0 Å². The highest BCUT2D eigenvalue weighted by Gasteiger charge is 2.44. The standard InChI is InChI=1S/C28H39NO7/c1-2-3-4-5-6-7-8-17-35-22-15-13-20(14-16-22)19-9-11-21(12-10-19)27(34)29-28-26(33)25(32)24(31)23(18-30)36-28/h9-16,23-26,28,30-33H,2-8,17-18H2,1H3,(H,29,34)/t23-,24-,25+,26+,28-/m1/s1. The molecule has 1 amide bonds. The number of carbonyl (C=O) groups is 1. The first kappa shape index (κ1) is 28.1. The van der Waals surface area contributed by atoms with Crippen molar-refractivity contribution in [3.63, 3.8) is 0 Å². The molecule has 0 unspecified atom stereocenters. The minimum atomic E-state index is -1.55. The third kappa shape index (κ3) is 7.75. The van der Waals surface area contributed by atoms with Gasteiger partial charge in [0.25, 0.3) is 5.91 Å². The summed E-state index contributed by atoms with van der Waals surface area (Å²) in [6, 6.07) is 14.8. The number of hydrogen-bond acceptors (Lipinski definition) is 7. The van der Waals surface area contributed by atoms with Crippen LogP contribution in [0.2, 0.25) is 0 Å². The Labute approximate surface area is 212 Å². The molecule has 2 aromatic rings. The maximum atomic E-state index is 12.6. The lowest BCUT2D eigenvalue weighted by Gasteiger charge is -2.40. The first-order valence-electron chi connectivity index (χ1n) is 12.9. The number of benzene rings is 2. The molecule has 0 aliphatic carbocycles. The van der Waals surface area contributed by atoms with Crippen molar-refractivity contribution in [2.75, 3.05) is 13.2 Å². The van der Waals surface area contributed by atoms with Crippen LogP contribution in [0.4, 0.5) is 0 Å². The monoisotopic (exact) mass is 501 g/mol. The zero-order valence-corrected chi connectivity index (χ0v) is 20.9. The van der Waals surface area contributed by atoms with Crippen molar-refractivity contribution in [2.45, 2.75) is 82.5 Å². The summed E-state index contributed by atoms with van der Waals surface area (Å²) in [6.07, 6.45) is 1.82. The molecule has 36 heavy (non-hydrogen) atoms. The van der Waals surface area contributed by atoms with Crippen LogP contribution in [-0.2, 0) is 4.74 Å². The molecule has 2 aromatic carbocycles.